The van der Waals surface area contributed by atoms with Gasteiger partial charge in [-0.15, -0.1) is 0 Å². The van der Waals surface area contributed by atoms with Gasteiger partial charge in [-0.25, -0.2) is 4.79 Å². The van der Waals surface area contributed by atoms with Crippen LogP contribution in [0, 0.1) is 0 Å². The molecule has 2 amide bonds. The van der Waals surface area contributed by atoms with Crippen molar-refractivity contribution in [2.45, 2.75) is 76.8 Å². The molecule has 0 aromatic carbocycles. The summed E-state index contributed by atoms with van der Waals surface area (Å²) in [5, 5.41) is 7.20. The highest BCUT2D eigenvalue weighted by Gasteiger charge is 2.29. The molecule has 1 N–H and O–H groups in total. The van der Waals surface area contributed by atoms with Crippen molar-refractivity contribution in [1.82, 2.24) is 25.3 Å². The Hall–Kier alpha value is -1.63. The molecule has 2 heterocycles. The molecule has 0 spiro atoms. The lowest BCUT2D eigenvalue weighted by atomic mass is 10.0. The van der Waals surface area contributed by atoms with Gasteiger partial charge in [0.1, 0.15) is 0 Å². The van der Waals surface area contributed by atoms with Crippen molar-refractivity contribution in [2.24, 2.45) is 0 Å². The lowest BCUT2D eigenvalue weighted by molar-refractivity contribution is 0.135. The minimum absolute atomic E-state index is 0.00384. The number of urea groups is 1. The van der Waals surface area contributed by atoms with Gasteiger partial charge in [0.2, 0.25) is 5.89 Å². The second-order valence-corrected chi connectivity index (χ2v) is 8.10. The lowest BCUT2D eigenvalue weighted by Crippen LogP contribution is -2.52. The molecule has 1 aromatic heterocycles. The van der Waals surface area contributed by atoms with Crippen LogP contribution in [-0.2, 0) is 6.42 Å². The van der Waals surface area contributed by atoms with Gasteiger partial charge in [0.05, 0.1) is 0 Å². The van der Waals surface area contributed by atoms with Crippen molar-refractivity contribution in [3.63, 3.8) is 0 Å². The monoisotopic (exact) mass is 363 g/mol. The minimum atomic E-state index is -0.00384. The van der Waals surface area contributed by atoms with Crippen molar-refractivity contribution in [2.75, 3.05) is 26.7 Å². The van der Waals surface area contributed by atoms with Crippen LogP contribution in [0.3, 0.4) is 0 Å². The molecule has 2 aliphatic rings. The fourth-order valence-corrected chi connectivity index (χ4v) is 3.98. The van der Waals surface area contributed by atoms with Crippen LogP contribution < -0.4 is 5.32 Å². The highest BCUT2D eigenvalue weighted by molar-refractivity contribution is 5.74. The second kappa shape index (κ2) is 8.84. The Kier molecular flexibility index (Phi) is 6.51. The molecule has 1 aliphatic carbocycles. The van der Waals surface area contributed by atoms with Gasteiger partial charge in [-0.1, -0.05) is 31.8 Å². The molecule has 146 valence electrons. The van der Waals surface area contributed by atoms with Gasteiger partial charge in [-0.2, -0.15) is 4.98 Å². The zero-order valence-corrected chi connectivity index (χ0v) is 16.4. The summed E-state index contributed by atoms with van der Waals surface area (Å²) in [6.45, 7) is 6.81. The van der Waals surface area contributed by atoms with E-state index < -0.39 is 0 Å². The average molecular weight is 364 g/mol. The molecule has 0 unspecified atom stereocenters. The summed E-state index contributed by atoms with van der Waals surface area (Å²) < 4.78 is 5.22. The molecule has 26 heavy (non-hydrogen) atoms. The molecule has 0 bridgehead atoms. The van der Waals surface area contributed by atoms with Gasteiger partial charge in [-0.3, -0.25) is 4.90 Å². The van der Waals surface area contributed by atoms with Crippen molar-refractivity contribution in [1.29, 1.82) is 0 Å². The van der Waals surface area contributed by atoms with Gasteiger partial charge in [0.25, 0.3) is 0 Å². The number of carbonyl (C=O) groups is 1. The molecular weight excluding hydrogens is 330 g/mol. The van der Waals surface area contributed by atoms with E-state index in [2.05, 4.69) is 20.4 Å². The normalized spacial score (nSPS) is 22.1. The van der Waals surface area contributed by atoms with E-state index >= 15 is 0 Å². The number of likely N-dealkylation sites (N-methyl/N-ethyl adjacent to an activating group) is 1. The van der Waals surface area contributed by atoms with E-state index in [1.54, 1.807) is 4.90 Å². The Morgan fingerprint density at radius 2 is 2.08 bits per heavy atom. The average Bonchev–Trinajstić information content (AvgIpc) is 3.31. The molecule has 2 fully saturated rings. The first-order valence-corrected chi connectivity index (χ1v) is 10.1. The van der Waals surface area contributed by atoms with Gasteiger partial charge >= 0.3 is 6.03 Å². The Balaban J connectivity index is 1.42. The van der Waals surface area contributed by atoms with Gasteiger partial charge in [0, 0.05) is 44.6 Å². The summed E-state index contributed by atoms with van der Waals surface area (Å²) in [5.41, 5.74) is 0. The van der Waals surface area contributed by atoms with Crippen molar-refractivity contribution < 1.29 is 9.32 Å². The van der Waals surface area contributed by atoms with E-state index in [0.29, 0.717) is 24.7 Å². The van der Waals surface area contributed by atoms with E-state index in [0.717, 1.165) is 19.0 Å². The maximum absolute atomic E-state index is 12.5. The van der Waals surface area contributed by atoms with E-state index in [-0.39, 0.29) is 18.0 Å². The number of rotatable bonds is 6. The zero-order chi connectivity index (χ0) is 18.5. The number of carbonyl (C=O) groups excluding carboxylic acids is 1. The summed E-state index contributed by atoms with van der Waals surface area (Å²) >= 11 is 0. The summed E-state index contributed by atoms with van der Waals surface area (Å²) in [6.07, 6.45) is 8.22. The maximum atomic E-state index is 12.5. The van der Waals surface area contributed by atoms with Crippen LogP contribution in [0.2, 0.25) is 0 Å². The molecule has 1 aliphatic heterocycles. The van der Waals surface area contributed by atoms with Crippen LogP contribution in [0.4, 0.5) is 4.79 Å². The Labute approximate surface area is 156 Å². The van der Waals surface area contributed by atoms with Crippen LogP contribution in [0.1, 0.15) is 70.0 Å². The smallest absolute Gasteiger partial charge is 0.317 e. The summed E-state index contributed by atoms with van der Waals surface area (Å²) in [7, 11) is 1.83. The lowest BCUT2D eigenvalue weighted by Gasteiger charge is -2.37. The van der Waals surface area contributed by atoms with E-state index in [1.807, 2.05) is 20.9 Å². The predicted octanol–water partition coefficient (Wildman–Crippen LogP) is 2.78. The van der Waals surface area contributed by atoms with Crippen LogP contribution in [0.5, 0.6) is 0 Å². The topological polar surface area (TPSA) is 74.5 Å². The van der Waals surface area contributed by atoms with Crippen molar-refractivity contribution in [3.05, 3.63) is 11.7 Å². The zero-order valence-electron chi connectivity index (χ0n) is 16.4. The molecular formula is C19H33N5O2. The summed E-state index contributed by atoms with van der Waals surface area (Å²) in [6, 6.07) is 0.994. The first-order chi connectivity index (χ1) is 12.5. The molecule has 1 aromatic rings. The van der Waals surface area contributed by atoms with Crippen LogP contribution in [0.15, 0.2) is 4.52 Å². The Morgan fingerprint density at radius 3 is 2.77 bits per heavy atom. The Morgan fingerprint density at radius 1 is 1.31 bits per heavy atom. The number of nitrogens with zero attached hydrogens (tertiary/aromatic N) is 4. The molecule has 7 heteroatoms. The fraction of sp³-hybridized carbons (Fsp3) is 0.842. The molecule has 1 saturated carbocycles. The minimum Gasteiger partial charge on any atom is -0.339 e. The van der Waals surface area contributed by atoms with Crippen molar-refractivity contribution >= 4 is 6.03 Å². The van der Waals surface area contributed by atoms with E-state index in [4.69, 9.17) is 4.52 Å². The largest absolute Gasteiger partial charge is 0.339 e. The number of nitrogens with one attached hydrogen (secondary N) is 1. The predicted molar refractivity (Wildman–Crippen MR) is 100 cm³/mol. The number of aromatic nitrogens is 2. The van der Waals surface area contributed by atoms with E-state index in [1.165, 1.54) is 38.6 Å². The molecule has 3 rings (SSSR count). The molecule has 0 radical (unpaired) electrons. The van der Waals surface area contributed by atoms with E-state index in [9.17, 15) is 4.79 Å². The highest BCUT2D eigenvalue weighted by atomic mass is 16.5. The maximum Gasteiger partial charge on any atom is 0.317 e. The number of hydrogen-bond acceptors (Lipinski definition) is 5. The third kappa shape index (κ3) is 4.96. The van der Waals surface area contributed by atoms with Crippen LogP contribution in [-0.4, -0.2) is 64.7 Å². The van der Waals surface area contributed by atoms with Crippen LogP contribution in [0.25, 0.3) is 0 Å². The summed E-state index contributed by atoms with van der Waals surface area (Å²) in [5.74, 6) is 1.55. The number of likely N-dealkylation sites (tertiary alicyclic amines) is 1. The first kappa shape index (κ1) is 19.1. The molecule has 7 nitrogen and oxygen atoms in total. The number of hydrogen-bond donors (Lipinski definition) is 1. The van der Waals surface area contributed by atoms with Gasteiger partial charge < -0.3 is 14.7 Å². The number of piperidine rings is 1. The van der Waals surface area contributed by atoms with Gasteiger partial charge in [-0.05, 0) is 32.2 Å². The Bertz CT molecular complexity index is 582. The standard InChI is InChI=1S/C19H33N5O2/c1-14(2)18-21-17(22-26-18)10-12-23(3)19(25)20-15-7-6-11-24(13-15)16-8-4-5-9-16/h14-16H,4-13H2,1-3H3,(H,20,25)/t15-/m0/s1. The SMILES string of the molecule is CC(C)c1nc(CCN(C)C(=O)N[C@H]2CCCN(C3CCCC3)C2)no1. The first-order valence-electron chi connectivity index (χ1n) is 10.1. The third-order valence-corrected chi connectivity index (χ3v) is 5.62. The third-order valence-electron chi connectivity index (χ3n) is 5.62. The summed E-state index contributed by atoms with van der Waals surface area (Å²) in [4.78, 5) is 21.2. The molecule has 1 atom stereocenters. The molecule has 1 saturated heterocycles. The fourth-order valence-electron chi connectivity index (χ4n) is 3.98. The number of amides is 2. The highest BCUT2D eigenvalue weighted by Crippen LogP contribution is 2.26. The van der Waals surface area contributed by atoms with Gasteiger partial charge in [0.15, 0.2) is 5.82 Å². The van der Waals surface area contributed by atoms with Crippen LogP contribution >= 0.6 is 0 Å². The quantitative estimate of drug-likeness (QED) is 0.841. The second-order valence-electron chi connectivity index (χ2n) is 8.10. The van der Waals surface area contributed by atoms with Crippen molar-refractivity contribution in [3.8, 4) is 0 Å².